The summed E-state index contributed by atoms with van der Waals surface area (Å²) in [5, 5.41) is 20.9. The van der Waals surface area contributed by atoms with Gasteiger partial charge < -0.3 is 15.5 Å². The highest BCUT2D eigenvalue weighted by atomic mass is 16.4. The Kier molecular flexibility index (Phi) is 4.71. The van der Waals surface area contributed by atoms with Crippen molar-refractivity contribution >= 4 is 11.9 Å². The molecule has 0 aliphatic rings. The molecule has 0 saturated heterocycles. The fourth-order valence-corrected chi connectivity index (χ4v) is 1.61. The maximum absolute atomic E-state index is 11.9. The molecule has 3 N–H and O–H groups in total. The summed E-state index contributed by atoms with van der Waals surface area (Å²) in [5.41, 5.74) is 0.915. The monoisotopic (exact) mass is 251 g/mol. The van der Waals surface area contributed by atoms with E-state index in [4.69, 9.17) is 5.11 Å². The Balaban J connectivity index is 2.86. The van der Waals surface area contributed by atoms with Crippen LogP contribution in [0.4, 0.5) is 0 Å². The Labute approximate surface area is 105 Å². The molecule has 5 heteroatoms. The van der Waals surface area contributed by atoms with Gasteiger partial charge in [0.25, 0.3) is 5.91 Å². The molecule has 1 aromatic carbocycles. The largest absolute Gasteiger partial charge is 0.507 e. The summed E-state index contributed by atoms with van der Waals surface area (Å²) >= 11 is 0. The first-order valence-corrected chi connectivity index (χ1v) is 5.79. The van der Waals surface area contributed by atoms with Crippen molar-refractivity contribution in [3.05, 3.63) is 29.3 Å². The molecule has 1 atom stereocenters. The van der Waals surface area contributed by atoms with E-state index in [-0.39, 0.29) is 11.3 Å². The maximum Gasteiger partial charge on any atom is 0.326 e. The zero-order valence-electron chi connectivity index (χ0n) is 10.4. The van der Waals surface area contributed by atoms with Gasteiger partial charge in [-0.2, -0.15) is 0 Å². The predicted octanol–water partition coefficient (Wildman–Crippen LogP) is 1.68. The zero-order valence-corrected chi connectivity index (χ0v) is 10.4. The second kappa shape index (κ2) is 6.05. The van der Waals surface area contributed by atoms with Gasteiger partial charge in [0.2, 0.25) is 0 Å². The lowest BCUT2D eigenvalue weighted by Gasteiger charge is -2.14. The van der Waals surface area contributed by atoms with Crippen LogP contribution in [0, 0.1) is 6.92 Å². The van der Waals surface area contributed by atoms with E-state index in [2.05, 4.69) is 5.32 Å². The summed E-state index contributed by atoms with van der Waals surface area (Å²) < 4.78 is 0. The first-order chi connectivity index (χ1) is 8.45. The van der Waals surface area contributed by atoms with Crippen molar-refractivity contribution in [1.29, 1.82) is 0 Å². The summed E-state index contributed by atoms with van der Waals surface area (Å²) in [6, 6.07) is 3.68. The summed E-state index contributed by atoms with van der Waals surface area (Å²) in [4.78, 5) is 22.8. The number of aromatic hydroxyl groups is 1. The normalized spacial score (nSPS) is 11.9. The van der Waals surface area contributed by atoms with Crippen LogP contribution in [-0.4, -0.2) is 28.1 Å². The van der Waals surface area contributed by atoms with E-state index in [0.29, 0.717) is 12.8 Å². The van der Waals surface area contributed by atoms with Gasteiger partial charge in [-0.15, -0.1) is 0 Å². The van der Waals surface area contributed by atoms with Gasteiger partial charge in [-0.3, -0.25) is 4.79 Å². The van der Waals surface area contributed by atoms with Crippen molar-refractivity contribution in [2.75, 3.05) is 0 Å². The molecule has 0 aliphatic heterocycles. The molecule has 0 fully saturated rings. The summed E-state index contributed by atoms with van der Waals surface area (Å²) in [6.07, 6.45) is 1.00. The van der Waals surface area contributed by atoms with Gasteiger partial charge in [-0.05, 0) is 25.5 Å². The van der Waals surface area contributed by atoms with Gasteiger partial charge in [-0.25, -0.2) is 4.79 Å². The minimum Gasteiger partial charge on any atom is -0.507 e. The number of nitrogens with one attached hydrogen (secondary N) is 1. The molecule has 98 valence electrons. The molecule has 0 radical (unpaired) electrons. The van der Waals surface area contributed by atoms with Gasteiger partial charge >= 0.3 is 5.97 Å². The molecule has 0 aromatic heterocycles. The van der Waals surface area contributed by atoms with Crippen molar-refractivity contribution in [2.24, 2.45) is 0 Å². The number of rotatable bonds is 5. The number of aryl methyl sites for hydroxylation is 1. The molecular formula is C13H17NO4. The Morgan fingerprint density at radius 3 is 2.61 bits per heavy atom. The highest BCUT2D eigenvalue weighted by molar-refractivity contribution is 5.98. The number of benzene rings is 1. The number of phenolic OH excluding ortho intramolecular Hbond substituents is 1. The average Bonchev–Trinajstić information content (AvgIpc) is 2.31. The molecular weight excluding hydrogens is 234 g/mol. The van der Waals surface area contributed by atoms with E-state index in [1.54, 1.807) is 13.0 Å². The molecule has 0 heterocycles. The highest BCUT2D eigenvalue weighted by Crippen LogP contribution is 2.18. The molecule has 1 aromatic rings. The Morgan fingerprint density at radius 1 is 1.39 bits per heavy atom. The van der Waals surface area contributed by atoms with Crippen molar-refractivity contribution < 1.29 is 19.8 Å². The van der Waals surface area contributed by atoms with Crippen LogP contribution in [0.1, 0.15) is 35.7 Å². The quantitative estimate of drug-likeness (QED) is 0.743. The minimum atomic E-state index is -1.07. The molecule has 0 bridgehead atoms. The fourth-order valence-electron chi connectivity index (χ4n) is 1.61. The number of hydrogen-bond acceptors (Lipinski definition) is 3. The number of amides is 1. The second-order valence-corrected chi connectivity index (χ2v) is 4.17. The molecule has 0 aliphatic carbocycles. The fraction of sp³-hybridized carbons (Fsp3) is 0.385. The van der Waals surface area contributed by atoms with Crippen LogP contribution in [-0.2, 0) is 4.79 Å². The minimum absolute atomic E-state index is 0.0948. The molecule has 0 spiro atoms. The third-order valence-corrected chi connectivity index (χ3v) is 2.58. The number of carbonyl (C=O) groups is 2. The third kappa shape index (κ3) is 3.48. The second-order valence-electron chi connectivity index (χ2n) is 4.17. The number of hydrogen-bond donors (Lipinski definition) is 3. The highest BCUT2D eigenvalue weighted by Gasteiger charge is 2.21. The van der Waals surface area contributed by atoms with Crippen molar-refractivity contribution in [3.8, 4) is 5.75 Å². The molecule has 18 heavy (non-hydrogen) atoms. The molecule has 0 unspecified atom stereocenters. The van der Waals surface area contributed by atoms with Gasteiger partial charge in [0.1, 0.15) is 11.8 Å². The van der Waals surface area contributed by atoms with Crippen molar-refractivity contribution in [3.63, 3.8) is 0 Å². The van der Waals surface area contributed by atoms with Gasteiger partial charge in [0.15, 0.2) is 0 Å². The number of carboxylic acids is 1. The van der Waals surface area contributed by atoms with Crippen LogP contribution in [0.15, 0.2) is 18.2 Å². The molecule has 1 amide bonds. The number of phenols is 1. The Hall–Kier alpha value is -2.04. The first-order valence-electron chi connectivity index (χ1n) is 5.79. The standard InChI is InChI=1S/C13H17NO4/c1-3-4-10(13(17)18)14-12(16)9-7-8(2)5-6-11(9)15/h5-7,10,15H,3-4H2,1-2H3,(H,14,16)(H,17,18)/t10-/m0/s1. The third-order valence-electron chi connectivity index (χ3n) is 2.58. The zero-order chi connectivity index (χ0) is 13.7. The van der Waals surface area contributed by atoms with E-state index in [1.165, 1.54) is 12.1 Å². The molecule has 1 rings (SSSR count). The van der Waals surface area contributed by atoms with E-state index >= 15 is 0 Å². The van der Waals surface area contributed by atoms with Crippen LogP contribution in [0.2, 0.25) is 0 Å². The maximum atomic E-state index is 11.9. The number of carbonyl (C=O) groups excluding carboxylic acids is 1. The Morgan fingerprint density at radius 2 is 2.06 bits per heavy atom. The lowest BCUT2D eigenvalue weighted by Crippen LogP contribution is -2.40. The van der Waals surface area contributed by atoms with Crippen molar-refractivity contribution in [1.82, 2.24) is 5.32 Å². The van der Waals surface area contributed by atoms with E-state index < -0.39 is 17.9 Å². The van der Waals surface area contributed by atoms with E-state index in [9.17, 15) is 14.7 Å². The lowest BCUT2D eigenvalue weighted by molar-refractivity contribution is -0.139. The van der Waals surface area contributed by atoms with Gasteiger partial charge in [0, 0.05) is 0 Å². The van der Waals surface area contributed by atoms with Crippen LogP contribution in [0.3, 0.4) is 0 Å². The van der Waals surface area contributed by atoms with E-state index in [1.807, 2.05) is 6.92 Å². The topological polar surface area (TPSA) is 86.6 Å². The van der Waals surface area contributed by atoms with Crippen LogP contribution in [0.5, 0.6) is 5.75 Å². The van der Waals surface area contributed by atoms with Gasteiger partial charge in [-0.1, -0.05) is 25.0 Å². The average molecular weight is 251 g/mol. The predicted molar refractivity (Wildman–Crippen MR) is 66.6 cm³/mol. The van der Waals surface area contributed by atoms with Crippen LogP contribution < -0.4 is 5.32 Å². The number of carboxylic acid groups (broad SMARTS) is 1. The van der Waals surface area contributed by atoms with Gasteiger partial charge in [0.05, 0.1) is 5.56 Å². The summed E-state index contributed by atoms with van der Waals surface area (Å²) in [7, 11) is 0. The lowest BCUT2D eigenvalue weighted by atomic mass is 10.1. The SMILES string of the molecule is CCC[C@H](NC(=O)c1cc(C)ccc1O)C(=O)O. The smallest absolute Gasteiger partial charge is 0.326 e. The first kappa shape index (κ1) is 14.0. The van der Waals surface area contributed by atoms with E-state index in [0.717, 1.165) is 5.56 Å². The van der Waals surface area contributed by atoms with Crippen LogP contribution >= 0.6 is 0 Å². The van der Waals surface area contributed by atoms with Crippen LogP contribution in [0.25, 0.3) is 0 Å². The number of aliphatic carboxylic acids is 1. The summed E-state index contributed by atoms with van der Waals surface area (Å²) in [6.45, 7) is 3.63. The Bertz CT molecular complexity index is 456. The molecule has 5 nitrogen and oxygen atoms in total. The van der Waals surface area contributed by atoms with Crippen molar-refractivity contribution in [2.45, 2.75) is 32.7 Å². The summed E-state index contributed by atoms with van der Waals surface area (Å²) in [5.74, 6) is -1.80. The molecule has 0 saturated carbocycles.